The van der Waals surface area contributed by atoms with Gasteiger partial charge in [0.1, 0.15) is 5.82 Å². The van der Waals surface area contributed by atoms with Crippen molar-refractivity contribution in [2.24, 2.45) is 14.1 Å². The first kappa shape index (κ1) is 13.8. The fraction of sp³-hybridized carbons (Fsp3) is 0.667. The van der Waals surface area contributed by atoms with Gasteiger partial charge in [-0.1, -0.05) is 0 Å². The Kier molecular flexibility index (Phi) is 4.06. The lowest BCUT2D eigenvalue weighted by Crippen LogP contribution is -2.46. The summed E-state index contributed by atoms with van der Waals surface area (Å²) in [7, 11) is 4.86. The molecule has 1 aromatic rings. The van der Waals surface area contributed by atoms with E-state index in [1.807, 2.05) is 0 Å². The number of methoxy groups -OCH3 is 1. The predicted octanol–water partition coefficient (Wildman–Crippen LogP) is -0.694. The van der Waals surface area contributed by atoms with Gasteiger partial charge in [-0.15, -0.1) is 0 Å². The summed E-state index contributed by atoms with van der Waals surface area (Å²) in [6.07, 6.45) is 0.916. The highest BCUT2D eigenvalue weighted by atomic mass is 16.5. The van der Waals surface area contributed by atoms with Crippen molar-refractivity contribution in [1.82, 2.24) is 14.0 Å². The molecule has 0 aliphatic carbocycles. The van der Waals surface area contributed by atoms with Crippen LogP contribution in [0.4, 0.5) is 5.82 Å². The highest BCUT2D eigenvalue weighted by Gasteiger charge is 2.22. The molecule has 0 saturated carbocycles. The minimum Gasteiger partial charge on any atom is -0.385 e. The first-order valence-electron chi connectivity index (χ1n) is 6.30. The summed E-state index contributed by atoms with van der Waals surface area (Å²) in [4.78, 5) is 26.1. The third-order valence-corrected chi connectivity index (χ3v) is 3.43. The molecule has 0 aromatic carbocycles. The van der Waals surface area contributed by atoms with E-state index < -0.39 is 0 Å². The molecule has 19 heavy (non-hydrogen) atoms. The van der Waals surface area contributed by atoms with Crippen LogP contribution < -0.4 is 16.6 Å². The third-order valence-electron chi connectivity index (χ3n) is 3.43. The molecular formula is C12H20N4O3. The Morgan fingerprint density at radius 2 is 2.00 bits per heavy atom. The summed E-state index contributed by atoms with van der Waals surface area (Å²) in [5.74, 6) is 0.635. The zero-order valence-corrected chi connectivity index (χ0v) is 11.6. The molecule has 0 fully saturated rings. The van der Waals surface area contributed by atoms with Gasteiger partial charge in [0.05, 0.1) is 12.2 Å². The predicted molar refractivity (Wildman–Crippen MR) is 72.3 cm³/mol. The van der Waals surface area contributed by atoms with Crippen molar-refractivity contribution in [2.75, 3.05) is 32.2 Å². The Morgan fingerprint density at radius 1 is 1.26 bits per heavy atom. The lowest BCUT2D eigenvalue weighted by atomic mass is 10.2. The molecule has 0 spiro atoms. The van der Waals surface area contributed by atoms with E-state index >= 15 is 0 Å². The molecule has 7 heteroatoms. The molecule has 1 aliphatic rings. The number of hydrogen-bond donors (Lipinski definition) is 1. The first-order valence-corrected chi connectivity index (χ1v) is 6.30. The average Bonchev–Trinajstić information content (AvgIpc) is 2.43. The van der Waals surface area contributed by atoms with E-state index in [1.54, 1.807) is 14.2 Å². The molecule has 0 saturated heterocycles. The van der Waals surface area contributed by atoms with Crippen LogP contribution >= 0.6 is 0 Å². The zero-order chi connectivity index (χ0) is 14.0. The summed E-state index contributed by atoms with van der Waals surface area (Å²) in [6, 6.07) is 0. The van der Waals surface area contributed by atoms with Crippen LogP contribution in [0.25, 0.3) is 0 Å². The van der Waals surface area contributed by atoms with E-state index in [9.17, 15) is 9.59 Å². The van der Waals surface area contributed by atoms with Gasteiger partial charge in [0.15, 0.2) is 0 Å². The zero-order valence-electron chi connectivity index (χ0n) is 11.6. The molecule has 0 unspecified atom stereocenters. The molecule has 7 nitrogen and oxygen atoms in total. The Hall–Kier alpha value is -1.60. The van der Waals surface area contributed by atoms with E-state index in [-0.39, 0.29) is 11.2 Å². The average molecular weight is 268 g/mol. The van der Waals surface area contributed by atoms with Crippen molar-refractivity contribution in [1.29, 1.82) is 0 Å². The molecule has 1 aliphatic heterocycles. The maximum atomic E-state index is 12.1. The summed E-state index contributed by atoms with van der Waals surface area (Å²) in [5, 5.41) is 3.15. The topological polar surface area (TPSA) is 68.5 Å². The molecule has 1 aromatic heterocycles. The minimum atomic E-state index is -0.302. The fourth-order valence-electron chi connectivity index (χ4n) is 2.34. The Morgan fingerprint density at radius 3 is 2.68 bits per heavy atom. The summed E-state index contributed by atoms with van der Waals surface area (Å²) in [5.41, 5.74) is 0.124. The molecule has 0 bridgehead atoms. The smallest absolute Gasteiger partial charge is 0.332 e. The Bertz CT molecular complexity index is 576. The molecule has 0 radical (unpaired) electrons. The van der Waals surface area contributed by atoms with Crippen LogP contribution in [0.15, 0.2) is 9.59 Å². The lowest BCUT2D eigenvalue weighted by molar-refractivity contribution is 0.170. The number of ether oxygens (including phenoxy) is 1. The van der Waals surface area contributed by atoms with Crippen LogP contribution in [0.2, 0.25) is 0 Å². The first-order chi connectivity index (χ1) is 9.06. The van der Waals surface area contributed by atoms with Gasteiger partial charge in [-0.05, 0) is 6.42 Å². The second-order valence-electron chi connectivity index (χ2n) is 4.77. The highest BCUT2D eigenvalue weighted by molar-refractivity contribution is 5.45. The monoisotopic (exact) mass is 268 g/mol. The van der Waals surface area contributed by atoms with Gasteiger partial charge in [-0.25, -0.2) is 4.79 Å². The molecule has 0 amide bonds. The lowest BCUT2D eigenvalue weighted by Gasteiger charge is -2.30. The van der Waals surface area contributed by atoms with Crippen LogP contribution in [0.1, 0.15) is 12.0 Å². The summed E-state index contributed by atoms with van der Waals surface area (Å²) >= 11 is 0. The van der Waals surface area contributed by atoms with Crippen LogP contribution in [0.5, 0.6) is 0 Å². The maximum Gasteiger partial charge on any atom is 0.332 e. The Balaban J connectivity index is 2.26. The molecule has 106 valence electrons. The van der Waals surface area contributed by atoms with Crippen LogP contribution in [0.3, 0.4) is 0 Å². The number of nitrogens with one attached hydrogen (secondary N) is 1. The van der Waals surface area contributed by atoms with E-state index in [2.05, 4.69) is 10.2 Å². The van der Waals surface area contributed by atoms with Crippen LogP contribution in [0, 0.1) is 0 Å². The van der Waals surface area contributed by atoms with Crippen molar-refractivity contribution in [3.63, 3.8) is 0 Å². The van der Waals surface area contributed by atoms with Crippen molar-refractivity contribution in [3.8, 4) is 0 Å². The molecular weight excluding hydrogens is 248 g/mol. The van der Waals surface area contributed by atoms with Crippen LogP contribution in [-0.4, -0.2) is 41.0 Å². The van der Waals surface area contributed by atoms with Gasteiger partial charge >= 0.3 is 5.69 Å². The minimum absolute atomic E-state index is 0.220. The molecule has 1 N–H and O–H groups in total. The second kappa shape index (κ2) is 5.58. The van der Waals surface area contributed by atoms with Crippen molar-refractivity contribution in [3.05, 3.63) is 26.4 Å². The SMILES string of the molecule is COCCCN1CNc2c(c(=O)n(C)c(=O)n2C)C1. The van der Waals surface area contributed by atoms with Gasteiger partial charge in [-0.3, -0.25) is 18.8 Å². The molecule has 2 rings (SSSR count). The van der Waals surface area contributed by atoms with Gasteiger partial charge in [0.2, 0.25) is 0 Å². The fourth-order valence-corrected chi connectivity index (χ4v) is 2.34. The van der Waals surface area contributed by atoms with Crippen molar-refractivity contribution < 1.29 is 4.74 Å². The van der Waals surface area contributed by atoms with E-state index in [0.717, 1.165) is 17.5 Å². The normalized spacial score (nSPS) is 15.1. The highest BCUT2D eigenvalue weighted by Crippen LogP contribution is 2.16. The second-order valence-corrected chi connectivity index (χ2v) is 4.77. The van der Waals surface area contributed by atoms with Gasteiger partial charge in [0, 0.05) is 40.9 Å². The van der Waals surface area contributed by atoms with Gasteiger partial charge < -0.3 is 10.1 Å². The largest absolute Gasteiger partial charge is 0.385 e. The quantitative estimate of drug-likeness (QED) is 0.732. The van der Waals surface area contributed by atoms with E-state index in [0.29, 0.717) is 31.2 Å². The van der Waals surface area contributed by atoms with Gasteiger partial charge in [0.25, 0.3) is 5.56 Å². The number of anilines is 1. The van der Waals surface area contributed by atoms with E-state index in [1.165, 1.54) is 11.6 Å². The number of rotatable bonds is 4. The third kappa shape index (κ3) is 2.57. The van der Waals surface area contributed by atoms with Gasteiger partial charge in [-0.2, -0.15) is 0 Å². The maximum absolute atomic E-state index is 12.1. The molecule has 0 atom stereocenters. The molecule has 2 heterocycles. The summed E-state index contributed by atoms with van der Waals surface area (Å²) in [6.45, 7) is 2.75. The number of fused-ring (bicyclic) bond motifs is 1. The Labute approximate surface area is 111 Å². The van der Waals surface area contributed by atoms with Crippen LogP contribution in [-0.2, 0) is 25.4 Å². The number of aromatic nitrogens is 2. The standard InChI is InChI=1S/C12H20N4O3/c1-14-10-9(11(17)15(2)12(14)18)7-16(8-13-10)5-4-6-19-3/h13H,4-8H2,1-3H3. The van der Waals surface area contributed by atoms with E-state index in [4.69, 9.17) is 4.74 Å². The van der Waals surface area contributed by atoms with Crippen molar-refractivity contribution in [2.45, 2.75) is 13.0 Å². The number of nitrogens with zero attached hydrogens (tertiary/aromatic N) is 3. The van der Waals surface area contributed by atoms with Crippen molar-refractivity contribution >= 4 is 5.82 Å². The number of hydrogen-bond acceptors (Lipinski definition) is 5. The summed E-state index contributed by atoms with van der Waals surface area (Å²) < 4.78 is 7.66.